The summed E-state index contributed by atoms with van der Waals surface area (Å²) in [6.45, 7) is 4.15. The smallest absolute Gasteiger partial charge is 0.339 e. The number of nitrogens with zero attached hydrogens (tertiary/aromatic N) is 2. The molecule has 0 bridgehead atoms. The zero-order chi connectivity index (χ0) is 19.4. The van der Waals surface area contributed by atoms with Crippen LogP contribution in [0.3, 0.4) is 0 Å². The lowest BCUT2D eigenvalue weighted by Gasteiger charge is -2.10. The van der Waals surface area contributed by atoms with Crippen molar-refractivity contribution in [2.24, 2.45) is 0 Å². The van der Waals surface area contributed by atoms with Crippen LogP contribution >= 0.6 is 0 Å². The quantitative estimate of drug-likeness (QED) is 0.292. The number of Topliss-reactive ketones (excluding diaryl/α,β-unsaturated/α-hetero) is 1. The number of aromatic nitrogens is 2. The molecule has 0 aliphatic rings. The molecule has 0 saturated carbocycles. The number of carbonyl (C=O) groups excluding carboxylic acids is 2. The number of hydrogen-bond acceptors (Lipinski definition) is 4. The van der Waals surface area contributed by atoms with Crippen molar-refractivity contribution in [2.75, 3.05) is 6.61 Å². The summed E-state index contributed by atoms with van der Waals surface area (Å²) in [6.07, 6.45) is 2.41. The van der Waals surface area contributed by atoms with E-state index >= 15 is 0 Å². The molecule has 3 aromatic rings. The minimum atomic E-state index is -0.637. The summed E-state index contributed by atoms with van der Waals surface area (Å²) in [5.41, 5.74) is 3.72. The highest BCUT2D eigenvalue weighted by atomic mass is 16.5. The fraction of sp³-hybridized carbons (Fsp3) is 0.190. The maximum atomic E-state index is 12.5. The summed E-state index contributed by atoms with van der Waals surface area (Å²) >= 11 is 0. The minimum Gasteiger partial charge on any atom is -0.619 e. The molecule has 0 aliphatic heterocycles. The monoisotopic (exact) mass is 364 g/mol. The lowest BCUT2D eigenvalue weighted by Crippen LogP contribution is -2.24. The first-order valence-corrected chi connectivity index (χ1v) is 8.55. The summed E-state index contributed by atoms with van der Waals surface area (Å²) in [6, 6.07) is 14.5. The van der Waals surface area contributed by atoms with Gasteiger partial charge in [-0.05, 0) is 25.5 Å². The number of ketones is 1. The molecule has 0 aliphatic carbocycles. The highest BCUT2D eigenvalue weighted by molar-refractivity contribution is 6.00. The van der Waals surface area contributed by atoms with E-state index in [-0.39, 0.29) is 18.0 Å². The van der Waals surface area contributed by atoms with Gasteiger partial charge in [-0.1, -0.05) is 30.3 Å². The largest absolute Gasteiger partial charge is 0.619 e. The van der Waals surface area contributed by atoms with Crippen LogP contribution in [0.25, 0.3) is 0 Å². The molecule has 6 nitrogen and oxygen atoms in total. The number of ether oxygens (including phenoxy) is 1. The molecule has 2 heterocycles. The molecule has 0 radical (unpaired) electrons. The molecule has 6 heteroatoms. The van der Waals surface area contributed by atoms with Gasteiger partial charge in [0.15, 0.2) is 19.0 Å². The number of aryl methyl sites for hydroxylation is 1. The van der Waals surface area contributed by atoms with E-state index in [1.54, 1.807) is 0 Å². The Morgan fingerprint density at radius 2 is 1.74 bits per heavy atom. The number of carbonyl (C=O) groups is 2. The molecule has 0 spiro atoms. The van der Waals surface area contributed by atoms with E-state index in [4.69, 9.17) is 4.74 Å². The van der Waals surface area contributed by atoms with Crippen molar-refractivity contribution in [3.05, 3.63) is 94.2 Å². The first kappa shape index (κ1) is 18.4. The van der Waals surface area contributed by atoms with Crippen molar-refractivity contribution < 1.29 is 19.1 Å². The number of esters is 1. The van der Waals surface area contributed by atoms with Gasteiger partial charge in [0.05, 0.1) is 5.56 Å². The lowest BCUT2D eigenvalue weighted by atomic mass is 10.1. The van der Waals surface area contributed by atoms with Crippen LogP contribution in [0.15, 0.2) is 60.9 Å². The zero-order valence-electron chi connectivity index (χ0n) is 15.2. The predicted octanol–water partition coefficient (Wildman–Crippen LogP) is 2.83. The molecule has 3 rings (SSSR count). The summed E-state index contributed by atoms with van der Waals surface area (Å²) in [5, 5.41) is 11.0. The number of benzene rings is 1. The normalized spacial score (nSPS) is 10.6. The molecule has 0 unspecified atom stereocenters. The van der Waals surface area contributed by atoms with Gasteiger partial charge in [-0.15, -0.1) is 0 Å². The van der Waals surface area contributed by atoms with Crippen molar-refractivity contribution in [2.45, 2.75) is 20.4 Å². The maximum absolute atomic E-state index is 12.5. The van der Waals surface area contributed by atoms with Crippen LogP contribution in [0.5, 0.6) is 0 Å². The van der Waals surface area contributed by atoms with Crippen molar-refractivity contribution in [3.63, 3.8) is 0 Å². The van der Waals surface area contributed by atoms with Gasteiger partial charge in [0.1, 0.15) is 0 Å². The van der Waals surface area contributed by atoms with E-state index in [2.05, 4.69) is 4.57 Å². The van der Waals surface area contributed by atoms with Crippen molar-refractivity contribution >= 4 is 11.8 Å². The number of pyridine rings is 1. The van der Waals surface area contributed by atoms with E-state index in [1.165, 1.54) is 24.5 Å². The number of rotatable bonds is 6. The van der Waals surface area contributed by atoms with Gasteiger partial charge in [0.25, 0.3) is 0 Å². The van der Waals surface area contributed by atoms with Gasteiger partial charge in [-0.3, -0.25) is 4.79 Å². The Hall–Kier alpha value is -3.41. The minimum absolute atomic E-state index is 0.226. The topological polar surface area (TPSA) is 75.2 Å². The van der Waals surface area contributed by atoms with Crippen LogP contribution in [0, 0.1) is 19.1 Å². The van der Waals surface area contributed by atoms with Gasteiger partial charge in [0.2, 0.25) is 5.78 Å². The van der Waals surface area contributed by atoms with Gasteiger partial charge < -0.3 is 14.5 Å². The van der Waals surface area contributed by atoms with E-state index in [0.717, 1.165) is 17.0 Å². The van der Waals surface area contributed by atoms with E-state index < -0.39 is 5.97 Å². The third-order valence-corrected chi connectivity index (χ3v) is 4.43. The molecule has 1 aromatic carbocycles. The fourth-order valence-corrected chi connectivity index (χ4v) is 2.93. The van der Waals surface area contributed by atoms with Gasteiger partial charge in [-0.2, -0.15) is 4.73 Å². The average molecular weight is 364 g/mol. The van der Waals surface area contributed by atoms with E-state index in [0.29, 0.717) is 16.8 Å². The van der Waals surface area contributed by atoms with Gasteiger partial charge >= 0.3 is 5.97 Å². The molecule has 0 amide bonds. The molecule has 0 N–H and O–H groups in total. The summed E-state index contributed by atoms with van der Waals surface area (Å²) in [4.78, 5) is 24.5. The number of hydrogen-bond donors (Lipinski definition) is 0. The van der Waals surface area contributed by atoms with Gasteiger partial charge in [-0.25, -0.2) is 4.79 Å². The SMILES string of the molecule is Cc1cc(C(=O)COC(=O)c2cc[n+]([O-])cc2)c(C)n1Cc1ccccc1. The lowest BCUT2D eigenvalue weighted by molar-refractivity contribution is -0.605. The Balaban J connectivity index is 1.69. The summed E-state index contributed by atoms with van der Waals surface area (Å²) in [7, 11) is 0. The van der Waals surface area contributed by atoms with E-state index in [9.17, 15) is 14.8 Å². The van der Waals surface area contributed by atoms with Crippen LogP contribution in [0.1, 0.15) is 37.7 Å². The predicted molar refractivity (Wildman–Crippen MR) is 99.5 cm³/mol. The maximum Gasteiger partial charge on any atom is 0.339 e. The fourth-order valence-electron chi connectivity index (χ4n) is 2.93. The molecule has 0 saturated heterocycles. The highest BCUT2D eigenvalue weighted by Crippen LogP contribution is 2.18. The third kappa shape index (κ3) is 4.23. The summed E-state index contributed by atoms with van der Waals surface area (Å²) < 4.78 is 7.73. The Labute approximate surface area is 157 Å². The molecule has 27 heavy (non-hydrogen) atoms. The third-order valence-electron chi connectivity index (χ3n) is 4.43. The van der Waals surface area contributed by atoms with Crippen LogP contribution in [0.2, 0.25) is 0 Å². The Bertz CT molecular complexity index is 960. The molecular weight excluding hydrogens is 344 g/mol. The second-order valence-corrected chi connectivity index (χ2v) is 6.30. The van der Waals surface area contributed by atoms with Crippen molar-refractivity contribution in [1.82, 2.24) is 4.57 Å². The highest BCUT2D eigenvalue weighted by Gasteiger charge is 2.18. The standard InChI is InChI=1S/C21H20N2O4/c1-15-12-19(16(2)23(15)13-17-6-4-3-5-7-17)20(24)14-27-21(25)18-8-10-22(26)11-9-18/h3-12H,13-14H2,1-2H3. The molecule has 138 valence electrons. The Morgan fingerprint density at radius 3 is 2.41 bits per heavy atom. The average Bonchev–Trinajstić information content (AvgIpc) is 2.95. The molecular formula is C21H20N2O4. The summed E-state index contributed by atoms with van der Waals surface area (Å²) in [5.74, 6) is -0.896. The van der Waals surface area contributed by atoms with Crippen LogP contribution in [-0.2, 0) is 11.3 Å². The van der Waals surface area contributed by atoms with Crippen molar-refractivity contribution in [1.29, 1.82) is 0 Å². The second-order valence-electron chi connectivity index (χ2n) is 6.30. The first-order valence-electron chi connectivity index (χ1n) is 8.55. The van der Waals surface area contributed by atoms with Gasteiger partial charge in [0, 0.05) is 35.6 Å². The molecule has 0 fully saturated rings. The molecule has 2 aromatic heterocycles. The van der Waals surface area contributed by atoms with Crippen LogP contribution in [-0.4, -0.2) is 22.9 Å². The van der Waals surface area contributed by atoms with E-state index in [1.807, 2.05) is 50.2 Å². The second kappa shape index (κ2) is 7.86. The van der Waals surface area contributed by atoms with Crippen molar-refractivity contribution in [3.8, 4) is 0 Å². The first-order chi connectivity index (χ1) is 13.0. The van der Waals surface area contributed by atoms with Crippen LogP contribution in [0.4, 0.5) is 0 Å². The zero-order valence-corrected chi connectivity index (χ0v) is 15.2. The van der Waals surface area contributed by atoms with Crippen LogP contribution < -0.4 is 4.73 Å². The molecule has 0 atom stereocenters. The Kier molecular flexibility index (Phi) is 5.35. The Morgan fingerprint density at radius 1 is 1.07 bits per heavy atom.